The lowest BCUT2D eigenvalue weighted by molar-refractivity contribution is 0.256. The van der Waals surface area contributed by atoms with Gasteiger partial charge in [0, 0.05) is 5.69 Å². The van der Waals surface area contributed by atoms with Gasteiger partial charge in [0.2, 0.25) is 0 Å². The number of carbonyl (C=O) groups is 1. The number of anilines is 1. The number of aryl methyl sites for hydroxylation is 2. The van der Waals surface area contributed by atoms with Crippen LogP contribution in [0.1, 0.15) is 11.1 Å². The lowest BCUT2D eigenvalue weighted by Crippen LogP contribution is -2.34. The van der Waals surface area contributed by atoms with Gasteiger partial charge in [0.1, 0.15) is 10.6 Å². The normalized spacial score (nSPS) is 11.5. The van der Waals surface area contributed by atoms with Crippen LogP contribution >= 0.6 is 0 Å². The Morgan fingerprint density at radius 1 is 0.774 bits per heavy atom. The fraction of sp³-hybridized carbons (Fsp3) is 0.0952. The highest BCUT2D eigenvalue weighted by atomic mass is 32.2. The predicted molar refractivity (Wildman–Crippen MR) is 116 cm³/mol. The van der Waals surface area contributed by atoms with Crippen LogP contribution in [0.15, 0.2) is 82.6 Å². The Kier molecular flexibility index (Phi) is 6.32. The summed E-state index contributed by atoms with van der Waals surface area (Å²) in [4.78, 5) is 12.1. The molecule has 2 amide bonds. The van der Waals surface area contributed by atoms with Gasteiger partial charge in [-0.05, 0) is 67.9 Å². The highest BCUT2D eigenvalue weighted by Gasteiger charge is 2.18. The molecule has 3 aromatic rings. The van der Waals surface area contributed by atoms with Crippen molar-refractivity contribution in [3.05, 3.63) is 83.9 Å². The molecule has 0 saturated heterocycles. The summed E-state index contributed by atoms with van der Waals surface area (Å²) in [5, 5.41) is 2.37. The Morgan fingerprint density at radius 3 is 2.03 bits per heavy atom. The molecule has 3 rings (SSSR count). The van der Waals surface area contributed by atoms with E-state index in [-0.39, 0.29) is 21.2 Å². The molecule has 0 aromatic heterocycles. The zero-order chi connectivity index (χ0) is 22.6. The highest BCUT2D eigenvalue weighted by molar-refractivity contribution is 7.90. The molecule has 0 heterocycles. The van der Waals surface area contributed by atoms with Crippen LogP contribution in [0.5, 0.6) is 5.75 Å². The van der Waals surface area contributed by atoms with E-state index in [2.05, 4.69) is 5.32 Å². The minimum atomic E-state index is -4.03. The SMILES string of the molecule is Cc1ccc(S(=O)(=O)NC(=O)Nc2ccc(OS(=O)(=O)c3cccc(C)c3)cc2)cc1. The van der Waals surface area contributed by atoms with Crippen LogP contribution in [0.4, 0.5) is 10.5 Å². The van der Waals surface area contributed by atoms with Gasteiger partial charge in [-0.25, -0.2) is 17.9 Å². The van der Waals surface area contributed by atoms with Gasteiger partial charge >= 0.3 is 16.1 Å². The third kappa shape index (κ3) is 5.83. The van der Waals surface area contributed by atoms with E-state index < -0.39 is 26.2 Å². The van der Waals surface area contributed by atoms with E-state index in [1.54, 1.807) is 31.2 Å². The van der Waals surface area contributed by atoms with Crippen molar-refractivity contribution in [2.45, 2.75) is 23.6 Å². The molecule has 0 bridgehead atoms. The Balaban J connectivity index is 1.65. The number of nitrogens with one attached hydrogen (secondary N) is 2. The molecule has 3 aromatic carbocycles. The average Bonchev–Trinajstić information content (AvgIpc) is 2.69. The van der Waals surface area contributed by atoms with Gasteiger partial charge < -0.3 is 9.50 Å². The molecule has 0 unspecified atom stereocenters. The van der Waals surface area contributed by atoms with Crippen molar-refractivity contribution < 1.29 is 25.8 Å². The highest BCUT2D eigenvalue weighted by Crippen LogP contribution is 2.21. The molecule has 0 spiro atoms. The predicted octanol–water partition coefficient (Wildman–Crippen LogP) is 3.58. The van der Waals surface area contributed by atoms with Crippen molar-refractivity contribution in [3.63, 3.8) is 0 Å². The third-order valence-electron chi connectivity index (χ3n) is 4.15. The van der Waals surface area contributed by atoms with E-state index in [1.165, 1.54) is 48.5 Å². The molecule has 0 aliphatic rings. The van der Waals surface area contributed by atoms with Crippen LogP contribution in [-0.4, -0.2) is 22.9 Å². The van der Waals surface area contributed by atoms with Crippen molar-refractivity contribution in [1.29, 1.82) is 0 Å². The molecule has 31 heavy (non-hydrogen) atoms. The molecule has 8 nitrogen and oxygen atoms in total. The Morgan fingerprint density at radius 2 is 1.42 bits per heavy atom. The molecule has 162 valence electrons. The minimum Gasteiger partial charge on any atom is -0.379 e. The lowest BCUT2D eigenvalue weighted by Gasteiger charge is -2.10. The zero-order valence-electron chi connectivity index (χ0n) is 16.7. The Labute approximate surface area is 181 Å². The first kappa shape index (κ1) is 22.3. The van der Waals surface area contributed by atoms with Gasteiger partial charge in [-0.2, -0.15) is 8.42 Å². The fourth-order valence-electron chi connectivity index (χ4n) is 2.59. The molecule has 0 aliphatic heterocycles. The molecular formula is C21H20N2O6S2. The number of amides is 2. The lowest BCUT2D eigenvalue weighted by atomic mass is 10.2. The fourth-order valence-corrected chi connectivity index (χ4v) is 4.54. The monoisotopic (exact) mass is 460 g/mol. The van der Waals surface area contributed by atoms with E-state index in [4.69, 9.17) is 4.18 Å². The molecule has 10 heteroatoms. The van der Waals surface area contributed by atoms with Gasteiger partial charge in [0.15, 0.2) is 0 Å². The molecular weight excluding hydrogens is 440 g/mol. The summed E-state index contributed by atoms with van der Waals surface area (Å²) in [7, 11) is -8.04. The van der Waals surface area contributed by atoms with Crippen LogP contribution in [0.25, 0.3) is 0 Å². The standard InChI is InChI=1S/C21H20N2O6S2/c1-15-6-12-19(13-7-15)30(25,26)23-21(24)22-17-8-10-18(11-9-17)29-31(27,28)20-5-3-4-16(2)14-20/h3-14H,1-2H3,(H2,22,23,24). The summed E-state index contributed by atoms with van der Waals surface area (Å²) < 4.78 is 56.2. The van der Waals surface area contributed by atoms with Gasteiger partial charge in [-0.1, -0.05) is 29.8 Å². The Hall–Kier alpha value is -3.37. The summed E-state index contributed by atoms with van der Waals surface area (Å²) in [6.45, 7) is 3.58. The second kappa shape index (κ2) is 8.78. The molecule has 0 atom stereocenters. The van der Waals surface area contributed by atoms with Crippen molar-refractivity contribution in [1.82, 2.24) is 4.72 Å². The first-order chi connectivity index (χ1) is 14.5. The van der Waals surface area contributed by atoms with Gasteiger partial charge in [0.25, 0.3) is 10.0 Å². The van der Waals surface area contributed by atoms with E-state index in [0.29, 0.717) is 0 Å². The maximum absolute atomic E-state index is 12.4. The van der Waals surface area contributed by atoms with Crippen molar-refractivity contribution in [2.75, 3.05) is 5.32 Å². The molecule has 0 fully saturated rings. The summed E-state index contributed by atoms with van der Waals surface area (Å²) >= 11 is 0. The van der Waals surface area contributed by atoms with Gasteiger partial charge in [-0.3, -0.25) is 0 Å². The van der Waals surface area contributed by atoms with E-state index in [9.17, 15) is 21.6 Å². The molecule has 2 N–H and O–H groups in total. The molecule has 0 saturated carbocycles. The summed E-state index contributed by atoms with van der Waals surface area (Å²) in [5.41, 5.74) is 1.91. The number of benzene rings is 3. The largest absolute Gasteiger partial charge is 0.379 e. The van der Waals surface area contributed by atoms with Crippen LogP contribution in [0, 0.1) is 13.8 Å². The minimum absolute atomic E-state index is 0.0235. The first-order valence-electron chi connectivity index (χ1n) is 9.07. The smallest absolute Gasteiger partial charge is 0.339 e. The number of urea groups is 1. The number of rotatable bonds is 6. The second-order valence-corrected chi connectivity index (χ2v) is 9.98. The zero-order valence-corrected chi connectivity index (χ0v) is 18.3. The van der Waals surface area contributed by atoms with Gasteiger partial charge in [-0.15, -0.1) is 0 Å². The van der Waals surface area contributed by atoms with Crippen LogP contribution < -0.4 is 14.2 Å². The first-order valence-corrected chi connectivity index (χ1v) is 12.0. The van der Waals surface area contributed by atoms with E-state index in [0.717, 1.165) is 11.1 Å². The van der Waals surface area contributed by atoms with E-state index >= 15 is 0 Å². The van der Waals surface area contributed by atoms with E-state index in [1.807, 2.05) is 11.6 Å². The second-order valence-electron chi connectivity index (χ2n) is 6.75. The number of sulfonamides is 1. The third-order valence-corrected chi connectivity index (χ3v) is 6.74. The summed E-state index contributed by atoms with van der Waals surface area (Å²) in [6.07, 6.45) is 0. The van der Waals surface area contributed by atoms with Crippen molar-refractivity contribution in [2.24, 2.45) is 0 Å². The van der Waals surface area contributed by atoms with Crippen LogP contribution in [-0.2, 0) is 20.1 Å². The Bertz CT molecular complexity index is 1300. The summed E-state index contributed by atoms with van der Waals surface area (Å²) in [5.74, 6) is 0.0414. The molecule has 0 aliphatic carbocycles. The number of hydrogen-bond donors (Lipinski definition) is 2. The van der Waals surface area contributed by atoms with Crippen LogP contribution in [0.2, 0.25) is 0 Å². The summed E-state index contributed by atoms with van der Waals surface area (Å²) in [6, 6.07) is 16.8. The average molecular weight is 461 g/mol. The maximum atomic E-state index is 12.4. The number of carbonyl (C=O) groups excluding carboxylic acids is 1. The maximum Gasteiger partial charge on any atom is 0.339 e. The van der Waals surface area contributed by atoms with Crippen LogP contribution in [0.3, 0.4) is 0 Å². The van der Waals surface area contributed by atoms with Crippen molar-refractivity contribution >= 4 is 31.9 Å². The number of hydrogen-bond acceptors (Lipinski definition) is 6. The van der Waals surface area contributed by atoms with Crippen molar-refractivity contribution in [3.8, 4) is 5.75 Å². The topological polar surface area (TPSA) is 119 Å². The quantitative estimate of drug-likeness (QED) is 0.543. The molecule has 0 radical (unpaired) electrons. The van der Waals surface area contributed by atoms with Gasteiger partial charge in [0.05, 0.1) is 4.90 Å².